The van der Waals surface area contributed by atoms with Crippen molar-refractivity contribution in [1.29, 1.82) is 5.26 Å². The Morgan fingerprint density at radius 2 is 1.57 bits per heavy atom. The third kappa shape index (κ3) is 3.71. The fraction of sp³-hybridized carbons (Fsp3) is 0.450. The van der Waals surface area contributed by atoms with Crippen LogP contribution in [-0.4, -0.2) is 62.5 Å². The lowest BCUT2D eigenvalue weighted by Crippen LogP contribution is -2.47. The van der Waals surface area contributed by atoms with E-state index in [1.807, 2.05) is 12.1 Å². The molecule has 8 heteroatoms. The Kier molecular flexibility index (Phi) is 5.51. The van der Waals surface area contributed by atoms with Gasteiger partial charge in [-0.15, -0.1) is 0 Å². The van der Waals surface area contributed by atoms with Crippen molar-refractivity contribution in [2.45, 2.75) is 6.92 Å². The molecule has 7 nitrogen and oxygen atoms in total. The van der Waals surface area contributed by atoms with Gasteiger partial charge in [0.15, 0.2) is 11.6 Å². The Balaban J connectivity index is 1.53. The van der Waals surface area contributed by atoms with Gasteiger partial charge in [0.25, 0.3) is 0 Å². The minimum atomic E-state index is 0.553. The van der Waals surface area contributed by atoms with Gasteiger partial charge < -0.3 is 19.4 Å². The molecule has 1 aromatic heterocycles. The number of nitrogens with zero attached hydrogens (tertiary/aromatic N) is 6. The molecule has 2 aliphatic rings. The molecule has 0 saturated carbocycles. The third-order valence-electron chi connectivity index (χ3n) is 5.32. The zero-order valence-corrected chi connectivity index (χ0v) is 16.7. The van der Waals surface area contributed by atoms with Crippen LogP contribution in [0, 0.1) is 18.3 Å². The molecule has 0 atom stereocenters. The topological polar surface area (TPSA) is 68.5 Å². The molecule has 2 aromatic rings. The highest BCUT2D eigenvalue weighted by atomic mass is 35.5. The van der Waals surface area contributed by atoms with E-state index in [2.05, 4.69) is 43.7 Å². The summed E-state index contributed by atoms with van der Waals surface area (Å²) in [7, 11) is 0. The van der Waals surface area contributed by atoms with Crippen LogP contribution in [0.25, 0.3) is 0 Å². The number of piperazine rings is 1. The smallest absolute Gasteiger partial charge is 0.152 e. The van der Waals surface area contributed by atoms with E-state index in [1.165, 1.54) is 11.3 Å². The Bertz CT molecular complexity index is 885. The summed E-state index contributed by atoms with van der Waals surface area (Å²) < 4.78 is 5.42. The van der Waals surface area contributed by atoms with Crippen molar-refractivity contribution in [3.8, 4) is 6.07 Å². The maximum absolute atomic E-state index is 9.82. The average molecular weight is 399 g/mol. The molecule has 0 bridgehead atoms. The molecule has 0 radical (unpaired) electrons. The fourth-order valence-corrected chi connectivity index (χ4v) is 3.97. The van der Waals surface area contributed by atoms with Crippen molar-refractivity contribution in [3.63, 3.8) is 0 Å². The van der Waals surface area contributed by atoms with Gasteiger partial charge in [-0.3, -0.25) is 0 Å². The average Bonchev–Trinajstić information content (AvgIpc) is 2.75. The quantitative estimate of drug-likeness (QED) is 0.786. The molecular weight excluding hydrogens is 376 g/mol. The maximum Gasteiger partial charge on any atom is 0.152 e. The first-order valence-corrected chi connectivity index (χ1v) is 9.89. The molecule has 0 spiro atoms. The van der Waals surface area contributed by atoms with Crippen LogP contribution >= 0.6 is 11.6 Å². The van der Waals surface area contributed by atoms with E-state index in [1.54, 1.807) is 6.33 Å². The maximum atomic E-state index is 9.82. The van der Waals surface area contributed by atoms with E-state index in [4.69, 9.17) is 16.3 Å². The Labute approximate surface area is 170 Å². The molecule has 3 heterocycles. The highest BCUT2D eigenvalue weighted by Crippen LogP contribution is 2.29. The second kappa shape index (κ2) is 8.21. The Morgan fingerprint density at radius 1 is 0.964 bits per heavy atom. The summed E-state index contributed by atoms with van der Waals surface area (Å²) >= 11 is 6.19. The zero-order valence-electron chi connectivity index (χ0n) is 15.9. The number of rotatable bonds is 3. The lowest BCUT2D eigenvalue weighted by molar-refractivity contribution is 0.122. The predicted molar refractivity (Wildman–Crippen MR) is 110 cm³/mol. The number of morpholine rings is 1. The molecule has 28 heavy (non-hydrogen) atoms. The van der Waals surface area contributed by atoms with E-state index < -0.39 is 0 Å². The standard InChI is InChI=1S/C20H23ClN6O/c1-15-2-3-16(21)12-18(15)25-4-6-26(7-5-25)19-17(13-22)20(24-14-23-19)27-8-10-28-11-9-27/h2-3,12,14H,4-11H2,1H3. The molecule has 1 aromatic carbocycles. The summed E-state index contributed by atoms with van der Waals surface area (Å²) in [5, 5.41) is 10.6. The summed E-state index contributed by atoms with van der Waals surface area (Å²) in [4.78, 5) is 15.5. The van der Waals surface area contributed by atoms with Gasteiger partial charge in [-0.1, -0.05) is 17.7 Å². The van der Waals surface area contributed by atoms with E-state index in [0.717, 1.165) is 50.1 Å². The van der Waals surface area contributed by atoms with Gasteiger partial charge in [0.1, 0.15) is 18.0 Å². The van der Waals surface area contributed by atoms with Crippen molar-refractivity contribution in [1.82, 2.24) is 9.97 Å². The summed E-state index contributed by atoms with van der Waals surface area (Å²) in [6.45, 7) is 8.18. The molecule has 2 fully saturated rings. The molecule has 0 aliphatic carbocycles. The lowest BCUT2D eigenvalue weighted by Gasteiger charge is -2.38. The Hall–Kier alpha value is -2.56. The van der Waals surface area contributed by atoms with Crippen LogP contribution in [0.1, 0.15) is 11.1 Å². The van der Waals surface area contributed by atoms with Crippen LogP contribution in [-0.2, 0) is 4.74 Å². The zero-order chi connectivity index (χ0) is 19.5. The second-order valence-corrected chi connectivity index (χ2v) is 7.45. The van der Waals surface area contributed by atoms with Crippen LogP contribution in [0.15, 0.2) is 24.5 Å². The number of aryl methyl sites for hydroxylation is 1. The molecular formula is C20H23ClN6O. The first-order chi connectivity index (χ1) is 13.7. The Morgan fingerprint density at radius 3 is 2.21 bits per heavy atom. The van der Waals surface area contributed by atoms with E-state index in [0.29, 0.717) is 24.6 Å². The van der Waals surface area contributed by atoms with Gasteiger partial charge in [-0.2, -0.15) is 5.26 Å². The molecule has 146 valence electrons. The summed E-state index contributed by atoms with van der Waals surface area (Å²) in [6, 6.07) is 8.33. The van der Waals surface area contributed by atoms with Crippen molar-refractivity contribution < 1.29 is 4.74 Å². The molecule has 0 unspecified atom stereocenters. The number of hydrogen-bond donors (Lipinski definition) is 0. The minimum Gasteiger partial charge on any atom is -0.378 e. The normalized spacial score (nSPS) is 17.5. The van der Waals surface area contributed by atoms with Crippen molar-refractivity contribution in [3.05, 3.63) is 40.7 Å². The van der Waals surface area contributed by atoms with Crippen LogP contribution in [0.4, 0.5) is 17.3 Å². The summed E-state index contributed by atoms with van der Waals surface area (Å²) in [6.07, 6.45) is 1.56. The van der Waals surface area contributed by atoms with Gasteiger partial charge in [0, 0.05) is 50.0 Å². The minimum absolute atomic E-state index is 0.553. The summed E-state index contributed by atoms with van der Waals surface area (Å²) in [5.41, 5.74) is 2.94. The summed E-state index contributed by atoms with van der Waals surface area (Å²) in [5.74, 6) is 1.44. The number of aromatic nitrogens is 2. The number of anilines is 3. The fourth-order valence-electron chi connectivity index (χ4n) is 3.80. The highest BCUT2D eigenvalue weighted by Gasteiger charge is 2.25. The molecule has 0 amide bonds. The highest BCUT2D eigenvalue weighted by molar-refractivity contribution is 6.30. The molecule has 2 saturated heterocycles. The van der Waals surface area contributed by atoms with Gasteiger partial charge >= 0.3 is 0 Å². The molecule has 0 N–H and O–H groups in total. The third-order valence-corrected chi connectivity index (χ3v) is 5.56. The number of hydrogen-bond acceptors (Lipinski definition) is 7. The molecule has 2 aliphatic heterocycles. The van der Waals surface area contributed by atoms with Crippen LogP contribution in [0.2, 0.25) is 5.02 Å². The largest absolute Gasteiger partial charge is 0.378 e. The first kappa shape index (κ1) is 18.8. The van der Waals surface area contributed by atoms with Crippen LogP contribution in [0.3, 0.4) is 0 Å². The number of benzene rings is 1. The van der Waals surface area contributed by atoms with Crippen LogP contribution < -0.4 is 14.7 Å². The number of nitriles is 1. The second-order valence-electron chi connectivity index (χ2n) is 7.01. The van der Waals surface area contributed by atoms with Crippen molar-refractivity contribution >= 4 is 28.9 Å². The lowest BCUT2D eigenvalue weighted by atomic mass is 10.1. The van der Waals surface area contributed by atoms with Gasteiger partial charge in [0.05, 0.1) is 13.2 Å². The monoisotopic (exact) mass is 398 g/mol. The number of ether oxygens (including phenoxy) is 1. The van der Waals surface area contributed by atoms with E-state index in [9.17, 15) is 5.26 Å². The van der Waals surface area contributed by atoms with E-state index in [-0.39, 0.29) is 0 Å². The number of halogens is 1. The molecule has 4 rings (SSSR count). The van der Waals surface area contributed by atoms with Crippen molar-refractivity contribution in [2.24, 2.45) is 0 Å². The van der Waals surface area contributed by atoms with Crippen LogP contribution in [0.5, 0.6) is 0 Å². The SMILES string of the molecule is Cc1ccc(Cl)cc1N1CCN(c2ncnc(N3CCOCC3)c2C#N)CC1. The van der Waals surface area contributed by atoms with Gasteiger partial charge in [-0.05, 0) is 24.6 Å². The van der Waals surface area contributed by atoms with Gasteiger partial charge in [0.2, 0.25) is 0 Å². The predicted octanol–water partition coefficient (Wildman–Crippen LogP) is 2.47. The first-order valence-electron chi connectivity index (χ1n) is 9.51. The van der Waals surface area contributed by atoms with E-state index >= 15 is 0 Å². The van der Waals surface area contributed by atoms with Crippen molar-refractivity contribution in [2.75, 3.05) is 67.2 Å². The van der Waals surface area contributed by atoms with Gasteiger partial charge in [-0.25, -0.2) is 9.97 Å².